The lowest BCUT2D eigenvalue weighted by molar-refractivity contribution is -0.124. The monoisotopic (exact) mass is 350 g/mol. The Morgan fingerprint density at radius 2 is 1.88 bits per heavy atom. The first-order chi connectivity index (χ1) is 12.4. The molecule has 0 unspecified atom stereocenters. The highest BCUT2D eigenvalue weighted by Gasteiger charge is 2.37. The van der Waals surface area contributed by atoms with Crippen molar-refractivity contribution in [3.8, 4) is 0 Å². The van der Waals surface area contributed by atoms with E-state index in [4.69, 9.17) is 0 Å². The number of carbonyl (C=O) groups excluding carboxylic acids is 2. The fraction of sp³-hybridized carbons (Fsp3) is 0.364. The average Bonchev–Trinajstić information content (AvgIpc) is 3.00. The number of hydrogen-bond acceptors (Lipinski definition) is 2. The molecule has 1 heterocycles. The van der Waals surface area contributed by atoms with Crippen molar-refractivity contribution in [1.82, 2.24) is 0 Å². The van der Waals surface area contributed by atoms with Crippen LogP contribution >= 0.6 is 0 Å². The van der Waals surface area contributed by atoms with Gasteiger partial charge >= 0.3 is 0 Å². The minimum absolute atomic E-state index is 0.0203. The van der Waals surface area contributed by atoms with Crippen LogP contribution in [-0.4, -0.2) is 24.9 Å². The fourth-order valence-electron chi connectivity index (χ4n) is 3.50. The molecule has 136 valence electrons. The molecule has 1 aliphatic heterocycles. The van der Waals surface area contributed by atoms with E-state index in [2.05, 4.69) is 6.92 Å². The van der Waals surface area contributed by atoms with Gasteiger partial charge in [0.15, 0.2) is 0 Å². The number of hydrogen-bond donors (Lipinski definition) is 0. The van der Waals surface area contributed by atoms with Gasteiger partial charge in [0.05, 0.1) is 5.92 Å². The molecule has 0 aromatic heterocycles. The lowest BCUT2D eigenvalue weighted by atomic mass is 10.1. The Labute approximate surface area is 155 Å². The van der Waals surface area contributed by atoms with Crippen molar-refractivity contribution >= 4 is 23.2 Å². The van der Waals surface area contributed by atoms with Crippen molar-refractivity contribution in [2.24, 2.45) is 5.92 Å². The molecule has 4 nitrogen and oxygen atoms in total. The zero-order valence-electron chi connectivity index (χ0n) is 16.0. The number of carbonyl (C=O) groups is 2. The largest absolute Gasteiger partial charge is 0.312 e. The van der Waals surface area contributed by atoms with Crippen LogP contribution in [0.25, 0.3) is 0 Å². The first-order valence-electron chi connectivity index (χ1n) is 9.16. The topological polar surface area (TPSA) is 40.6 Å². The SMILES string of the molecule is CCN(C(=O)[C@H]1CC(=O)N(c2ccc(C)c(C)c2)C1)c1cccc(C)c1. The van der Waals surface area contributed by atoms with Crippen molar-refractivity contribution in [1.29, 1.82) is 0 Å². The summed E-state index contributed by atoms with van der Waals surface area (Å²) in [6, 6.07) is 14.0. The average molecular weight is 350 g/mol. The van der Waals surface area contributed by atoms with Crippen LogP contribution in [0.5, 0.6) is 0 Å². The van der Waals surface area contributed by atoms with Gasteiger partial charge in [-0.05, 0) is 68.7 Å². The summed E-state index contributed by atoms with van der Waals surface area (Å²) in [6.07, 6.45) is 0.272. The third-order valence-corrected chi connectivity index (χ3v) is 5.17. The maximum atomic E-state index is 13.1. The van der Waals surface area contributed by atoms with Crippen LogP contribution in [0.2, 0.25) is 0 Å². The van der Waals surface area contributed by atoms with Gasteiger partial charge in [-0.2, -0.15) is 0 Å². The van der Waals surface area contributed by atoms with E-state index in [1.54, 1.807) is 9.80 Å². The van der Waals surface area contributed by atoms with Gasteiger partial charge in [-0.1, -0.05) is 18.2 Å². The summed E-state index contributed by atoms with van der Waals surface area (Å²) >= 11 is 0. The highest BCUT2D eigenvalue weighted by atomic mass is 16.2. The van der Waals surface area contributed by atoms with E-state index in [1.807, 2.05) is 63.2 Å². The van der Waals surface area contributed by atoms with Crippen LogP contribution < -0.4 is 9.80 Å². The van der Waals surface area contributed by atoms with Crippen LogP contribution in [0.15, 0.2) is 42.5 Å². The number of amides is 2. The van der Waals surface area contributed by atoms with Gasteiger partial charge < -0.3 is 9.80 Å². The molecule has 1 aliphatic rings. The summed E-state index contributed by atoms with van der Waals surface area (Å²) in [5.74, 6) is -0.255. The van der Waals surface area contributed by atoms with E-state index >= 15 is 0 Å². The Hall–Kier alpha value is -2.62. The molecule has 2 aromatic carbocycles. The second kappa shape index (κ2) is 7.32. The van der Waals surface area contributed by atoms with Crippen LogP contribution in [0.1, 0.15) is 30.0 Å². The summed E-state index contributed by atoms with van der Waals surface area (Å²) in [6.45, 7) is 9.12. The summed E-state index contributed by atoms with van der Waals surface area (Å²) in [4.78, 5) is 29.2. The summed E-state index contributed by atoms with van der Waals surface area (Å²) in [5, 5.41) is 0. The quantitative estimate of drug-likeness (QED) is 0.836. The lowest BCUT2D eigenvalue weighted by Crippen LogP contribution is -2.37. The van der Waals surface area contributed by atoms with Gasteiger partial charge in [0.25, 0.3) is 0 Å². The van der Waals surface area contributed by atoms with E-state index < -0.39 is 0 Å². The molecule has 4 heteroatoms. The number of anilines is 2. The maximum Gasteiger partial charge on any atom is 0.232 e. The number of aryl methyl sites for hydroxylation is 3. The molecule has 0 spiro atoms. The van der Waals surface area contributed by atoms with Gasteiger partial charge in [0.2, 0.25) is 11.8 Å². The number of benzene rings is 2. The molecular weight excluding hydrogens is 324 g/mol. The van der Waals surface area contributed by atoms with Crippen LogP contribution in [0.4, 0.5) is 11.4 Å². The molecule has 26 heavy (non-hydrogen) atoms. The second-order valence-corrected chi connectivity index (χ2v) is 7.10. The van der Waals surface area contributed by atoms with Crippen molar-refractivity contribution in [2.45, 2.75) is 34.1 Å². The van der Waals surface area contributed by atoms with Gasteiger partial charge in [0.1, 0.15) is 0 Å². The van der Waals surface area contributed by atoms with E-state index in [0.29, 0.717) is 13.1 Å². The Kier molecular flexibility index (Phi) is 5.12. The molecule has 0 saturated carbocycles. The molecule has 0 radical (unpaired) electrons. The minimum atomic E-state index is -0.301. The molecule has 1 fully saturated rings. The van der Waals surface area contributed by atoms with Crippen molar-refractivity contribution in [3.05, 3.63) is 59.2 Å². The van der Waals surface area contributed by atoms with Crippen LogP contribution in [-0.2, 0) is 9.59 Å². The van der Waals surface area contributed by atoms with Crippen LogP contribution in [0, 0.1) is 26.7 Å². The lowest BCUT2D eigenvalue weighted by Gasteiger charge is -2.25. The smallest absolute Gasteiger partial charge is 0.232 e. The van der Waals surface area contributed by atoms with Gasteiger partial charge in [0, 0.05) is 30.9 Å². The zero-order valence-corrected chi connectivity index (χ0v) is 16.0. The number of nitrogens with zero attached hydrogens (tertiary/aromatic N) is 2. The maximum absolute atomic E-state index is 13.1. The third-order valence-electron chi connectivity index (χ3n) is 5.17. The predicted molar refractivity (Wildman–Crippen MR) is 106 cm³/mol. The van der Waals surface area contributed by atoms with Crippen LogP contribution in [0.3, 0.4) is 0 Å². The molecule has 1 saturated heterocycles. The normalized spacial score (nSPS) is 16.8. The van der Waals surface area contributed by atoms with Gasteiger partial charge in [-0.15, -0.1) is 0 Å². The highest BCUT2D eigenvalue weighted by molar-refractivity contribution is 6.04. The third kappa shape index (κ3) is 3.50. The summed E-state index contributed by atoms with van der Waals surface area (Å²) in [5.41, 5.74) is 5.25. The second-order valence-electron chi connectivity index (χ2n) is 7.10. The van der Waals surface area contributed by atoms with Crippen molar-refractivity contribution in [2.75, 3.05) is 22.9 Å². The molecule has 2 amide bonds. The first-order valence-corrected chi connectivity index (χ1v) is 9.16. The van der Waals surface area contributed by atoms with Crippen molar-refractivity contribution < 1.29 is 9.59 Å². The Bertz CT molecular complexity index is 844. The fourth-order valence-corrected chi connectivity index (χ4v) is 3.50. The van der Waals surface area contributed by atoms with E-state index in [9.17, 15) is 9.59 Å². The summed E-state index contributed by atoms with van der Waals surface area (Å²) in [7, 11) is 0. The molecule has 3 rings (SSSR count). The number of rotatable bonds is 4. The molecule has 0 bridgehead atoms. The molecule has 0 aliphatic carbocycles. The summed E-state index contributed by atoms with van der Waals surface area (Å²) < 4.78 is 0. The Balaban J connectivity index is 1.80. The zero-order chi connectivity index (χ0) is 18.8. The van der Waals surface area contributed by atoms with Gasteiger partial charge in [-0.3, -0.25) is 9.59 Å². The predicted octanol–water partition coefficient (Wildman–Crippen LogP) is 4.02. The first kappa shape index (κ1) is 18.2. The Morgan fingerprint density at radius 3 is 2.54 bits per heavy atom. The molecule has 1 atom stereocenters. The van der Waals surface area contributed by atoms with E-state index in [-0.39, 0.29) is 24.2 Å². The molecule has 2 aromatic rings. The Morgan fingerprint density at radius 1 is 1.12 bits per heavy atom. The van der Waals surface area contributed by atoms with Gasteiger partial charge in [-0.25, -0.2) is 0 Å². The van der Waals surface area contributed by atoms with E-state index in [1.165, 1.54) is 5.56 Å². The highest BCUT2D eigenvalue weighted by Crippen LogP contribution is 2.29. The van der Waals surface area contributed by atoms with E-state index in [0.717, 1.165) is 22.5 Å². The standard InChI is InChI=1S/C22H26N2O2/c1-5-23(19-8-6-7-15(2)11-19)22(26)18-13-21(25)24(14-18)20-10-9-16(3)17(4)12-20/h6-12,18H,5,13-14H2,1-4H3/t18-/m0/s1. The molecular formula is C22H26N2O2. The van der Waals surface area contributed by atoms with Crippen molar-refractivity contribution in [3.63, 3.8) is 0 Å². The molecule has 0 N–H and O–H groups in total. The minimum Gasteiger partial charge on any atom is -0.312 e.